The van der Waals surface area contributed by atoms with E-state index in [9.17, 15) is 4.39 Å². The molecule has 0 radical (unpaired) electrons. The lowest BCUT2D eigenvalue weighted by Crippen LogP contribution is -2.43. The maximum atomic E-state index is 13.4. The zero-order valence-corrected chi connectivity index (χ0v) is 11.5. The van der Waals surface area contributed by atoms with Gasteiger partial charge in [0.05, 0.1) is 0 Å². The normalized spacial score (nSPS) is 25.7. The van der Waals surface area contributed by atoms with Crippen molar-refractivity contribution in [1.29, 1.82) is 0 Å². The van der Waals surface area contributed by atoms with Crippen molar-refractivity contribution in [3.8, 4) is 0 Å². The van der Waals surface area contributed by atoms with E-state index in [0.29, 0.717) is 12.1 Å². The van der Waals surface area contributed by atoms with Gasteiger partial charge in [0.2, 0.25) is 0 Å². The maximum Gasteiger partial charge on any atom is 0.125 e. The molecular weight excluding hydrogens is 227 g/mol. The number of nitrogens with one attached hydrogen (secondary N) is 1. The number of hydrogen-bond acceptors (Lipinski definition) is 2. The van der Waals surface area contributed by atoms with Crippen LogP contribution in [0.15, 0.2) is 18.2 Å². The Balaban J connectivity index is 2.17. The van der Waals surface area contributed by atoms with E-state index in [1.165, 1.54) is 6.07 Å². The molecule has 2 nitrogen and oxygen atoms in total. The fourth-order valence-corrected chi connectivity index (χ4v) is 2.63. The van der Waals surface area contributed by atoms with Crippen LogP contribution in [0.1, 0.15) is 32.3 Å². The first-order valence-electron chi connectivity index (χ1n) is 6.83. The summed E-state index contributed by atoms with van der Waals surface area (Å²) in [7, 11) is 0. The molecule has 0 spiro atoms. The summed E-state index contributed by atoms with van der Waals surface area (Å²) in [6.45, 7) is 8.48. The zero-order valence-electron chi connectivity index (χ0n) is 11.5. The van der Waals surface area contributed by atoms with Gasteiger partial charge in [0, 0.05) is 30.9 Å². The number of hydrogen-bond donors (Lipinski definition) is 1. The number of aryl methyl sites for hydroxylation is 1. The van der Waals surface area contributed by atoms with Crippen molar-refractivity contribution in [1.82, 2.24) is 5.32 Å². The Morgan fingerprint density at radius 2 is 1.78 bits per heavy atom. The van der Waals surface area contributed by atoms with Gasteiger partial charge in [0.25, 0.3) is 0 Å². The SMILES string of the molecule is Cc1ccc(F)cc1N1CCC(C)NC(C)CC1. The Labute approximate surface area is 109 Å². The van der Waals surface area contributed by atoms with Gasteiger partial charge >= 0.3 is 0 Å². The second-order valence-electron chi connectivity index (χ2n) is 5.46. The molecule has 1 fully saturated rings. The molecule has 1 aromatic rings. The van der Waals surface area contributed by atoms with Crippen LogP contribution < -0.4 is 10.2 Å². The highest BCUT2D eigenvalue weighted by atomic mass is 19.1. The first-order valence-corrected chi connectivity index (χ1v) is 6.83. The van der Waals surface area contributed by atoms with Crippen LogP contribution in [0.3, 0.4) is 0 Å². The van der Waals surface area contributed by atoms with E-state index >= 15 is 0 Å². The minimum absolute atomic E-state index is 0.142. The van der Waals surface area contributed by atoms with Crippen LogP contribution in [0.5, 0.6) is 0 Å². The van der Waals surface area contributed by atoms with Crippen LogP contribution >= 0.6 is 0 Å². The highest BCUT2D eigenvalue weighted by Gasteiger charge is 2.17. The second-order valence-corrected chi connectivity index (χ2v) is 5.46. The van der Waals surface area contributed by atoms with Crippen LogP contribution in [0, 0.1) is 12.7 Å². The van der Waals surface area contributed by atoms with E-state index < -0.39 is 0 Å². The van der Waals surface area contributed by atoms with Crippen LogP contribution in [0.25, 0.3) is 0 Å². The van der Waals surface area contributed by atoms with Crippen molar-refractivity contribution in [2.75, 3.05) is 18.0 Å². The van der Waals surface area contributed by atoms with E-state index in [-0.39, 0.29) is 5.82 Å². The van der Waals surface area contributed by atoms with Crippen LogP contribution in [0.2, 0.25) is 0 Å². The van der Waals surface area contributed by atoms with Crippen molar-refractivity contribution < 1.29 is 4.39 Å². The lowest BCUT2D eigenvalue weighted by molar-refractivity contribution is 0.404. The number of benzene rings is 1. The zero-order chi connectivity index (χ0) is 13.1. The smallest absolute Gasteiger partial charge is 0.125 e. The number of anilines is 1. The van der Waals surface area contributed by atoms with Crippen molar-refractivity contribution in [2.24, 2.45) is 0 Å². The average Bonchev–Trinajstić information content (AvgIpc) is 2.31. The summed E-state index contributed by atoms with van der Waals surface area (Å²) < 4.78 is 13.4. The Bertz CT molecular complexity index is 393. The molecule has 100 valence electrons. The van der Waals surface area contributed by atoms with E-state index in [0.717, 1.165) is 37.2 Å². The summed E-state index contributed by atoms with van der Waals surface area (Å²) in [5, 5.41) is 3.58. The lowest BCUT2D eigenvalue weighted by atomic mass is 10.1. The van der Waals surface area contributed by atoms with Crippen LogP contribution in [0.4, 0.5) is 10.1 Å². The Morgan fingerprint density at radius 3 is 2.39 bits per heavy atom. The first kappa shape index (κ1) is 13.3. The van der Waals surface area contributed by atoms with Crippen LogP contribution in [-0.4, -0.2) is 25.2 Å². The molecule has 3 heteroatoms. The van der Waals surface area contributed by atoms with Gasteiger partial charge in [-0.05, 0) is 51.3 Å². The molecule has 2 unspecified atom stereocenters. The molecule has 1 aromatic carbocycles. The van der Waals surface area contributed by atoms with E-state index in [2.05, 4.69) is 31.0 Å². The first-order chi connectivity index (χ1) is 8.56. The van der Waals surface area contributed by atoms with Gasteiger partial charge in [-0.25, -0.2) is 4.39 Å². The van der Waals surface area contributed by atoms with Gasteiger partial charge in [-0.2, -0.15) is 0 Å². The maximum absolute atomic E-state index is 13.4. The third kappa shape index (κ3) is 3.22. The van der Waals surface area contributed by atoms with Gasteiger partial charge < -0.3 is 10.2 Å². The summed E-state index contributed by atoms with van der Waals surface area (Å²) in [5.41, 5.74) is 2.21. The van der Waals surface area contributed by atoms with Crippen molar-refractivity contribution in [3.63, 3.8) is 0 Å². The van der Waals surface area contributed by atoms with Crippen molar-refractivity contribution >= 4 is 5.69 Å². The van der Waals surface area contributed by atoms with Crippen molar-refractivity contribution in [2.45, 2.75) is 45.7 Å². The summed E-state index contributed by atoms with van der Waals surface area (Å²) in [5.74, 6) is -0.142. The Hall–Kier alpha value is -1.09. The monoisotopic (exact) mass is 250 g/mol. The third-order valence-corrected chi connectivity index (χ3v) is 3.74. The number of rotatable bonds is 1. The van der Waals surface area contributed by atoms with Gasteiger partial charge in [-0.3, -0.25) is 0 Å². The largest absolute Gasteiger partial charge is 0.371 e. The molecular formula is C15H23FN2. The summed E-state index contributed by atoms with van der Waals surface area (Å²) in [6, 6.07) is 6.12. The molecule has 0 saturated carbocycles. The molecule has 2 rings (SSSR count). The molecule has 0 aromatic heterocycles. The number of halogens is 1. The lowest BCUT2D eigenvalue weighted by Gasteiger charge is -2.33. The third-order valence-electron chi connectivity index (χ3n) is 3.74. The standard InChI is InChI=1S/C15H23FN2/c1-11-4-5-14(16)10-15(11)18-8-6-12(2)17-13(3)7-9-18/h4-5,10,12-13,17H,6-9H2,1-3H3. The number of nitrogens with zero attached hydrogens (tertiary/aromatic N) is 1. The second kappa shape index (κ2) is 5.70. The average molecular weight is 250 g/mol. The van der Waals surface area contributed by atoms with Crippen molar-refractivity contribution in [3.05, 3.63) is 29.6 Å². The summed E-state index contributed by atoms with van der Waals surface area (Å²) in [4.78, 5) is 2.33. The fraction of sp³-hybridized carbons (Fsp3) is 0.600. The van der Waals surface area contributed by atoms with E-state index in [1.807, 2.05) is 6.07 Å². The molecule has 1 saturated heterocycles. The fourth-order valence-electron chi connectivity index (χ4n) is 2.63. The van der Waals surface area contributed by atoms with Gasteiger partial charge in [-0.15, -0.1) is 0 Å². The van der Waals surface area contributed by atoms with Gasteiger partial charge in [0.1, 0.15) is 5.82 Å². The molecule has 1 heterocycles. The quantitative estimate of drug-likeness (QED) is 0.824. The summed E-state index contributed by atoms with van der Waals surface area (Å²) in [6.07, 6.45) is 2.20. The Morgan fingerprint density at radius 1 is 1.17 bits per heavy atom. The highest BCUT2D eigenvalue weighted by Crippen LogP contribution is 2.23. The van der Waals surface area contributed by atoms with Crippen LogP contribution in [-0.2, 0) is 0 Å². The minimum atomic E-state index is -0.142. The molecule has 1 N–H and O–H groups in total. The Kier molecular flexibility index (Phi) is 4.23. The van der Waals surface area contributed by atoms with E-state index in [1.54, 1.807) is 6.07 Å². The highest BCUT2D eigenvalue weighted by molar-refractivity contribution is 5.53. The predicted octanol–water partition coefficient (Wildman–Crippen LogP) is 3.10. The molecule has 2 atom stereocenters. The molecule has 1 aliphatic heterocycles. The molecule has 0 aliphatic carbocycles. The van der Waals surface area contributed by atoms with Gasteiger partial charge in [-0.1, -0.05) is 6.07 Å². The van der Waals surface area contributed by atoms with Gasteiger partial charge in [0.15, 0.2) is 0 Å². The topological polar surface area (TPSA) is 15.3 Å². The molecule has 0 bridgehead atoms. The van der Waals surface area contributed by atoms with E-state index in [4.69, 9.17) is 0 Å². The molecule has 18 heavy (non-hydrogen) atoms. The molecule has 1 aliphatic rings. The molecule has 0 amide bonds. The minimum Gasteiger partial charge on any atom is -0.371 e. The summed E-state index contributed by atoms with van der Waals surface area (Å²) >= 11 is 0. The predicted molar refractivity (Wildman–Crippen MR) is 74.6 cm³/mol.